The minimum Gasteiger partial charge on any atom is -0.351 e. The molecule has 6 rings (SSSR count). The highest BCUT2D eigenvalue weighted by Crippen LogP contribution is 2.37. The minimum absolute atomic E-state index is 0.0345. The summed E-state index contributed by atoms with van der Waals surface area (Å²) in [6.07, 6.45) is 0.342. The van der Waals surface area contributed by atoms with Crippen LogP contribution in [0.4, 0.5) is 4.79 Å². The van der Waals surface area contributed by atoms with Crippen molar-refractivity contribution in [1.82, 2.24) is 31.3 Å². The number of hydrogen-bond acceptors (Lipinski definition) is 8. The van der Waals surface area contributed by atoms with Crippen LogP contribution in [0.3, 0.4) is 0 Å². The van der Waals surface area contributed by atoms with E-state index in [0.29, 0.717) is 23.8 Å². The summed E-state index contributed by atoms with van der Waals surface area (Å²) in [5.41, 5.74) is 5.53. The van der Waals surface area contributed by atoms with Crippen LogP contribution in [-0.2, 0) is 47.3 Å². The van der Waals surface area contributed by atoms with Crippen LogP contribution in [0.15, 0.2) is 152 Å². The molecule has 2 atom stereocenters. The van der Waals surface area contributed by atoms with Crippen molar-refractivity contribution in [3.63, 3.8) is 0 Å². The number of halogens is 1. The highest BCUT2D eigenvalue weighted by Gasteiger charge is 2.40. The Morgan fingerprint density at radius 2 is 1.30 bits per heavy atom. The zero-order chi connectivity index (χ0) is 45.3. The summed E-state index contributed by atoms with van der Waals surface area (Å²) in [5, 5.41) is 10.1. The van der Waals surface area contributed by atoms with Crippen LogP contribution in [0, 0.1) is 0 Å². The first-order valence-electron chi connectivity index (χ1n) is 21.2. The molecule has 6 aromatic rings. The van der Waals surface area contributed by atoms with Crippen molar-refractivity contribution < 1.29 is 33.5 Å². The molecule has 0 fully saturated rings. The monoisotopic (exact) mass is 884 g/mol. The van der Waals surface area contributed by atoms with E-state index in [4.69, 9.17) is 25.9 Å². The maximum absolute atomic E-state index is 15.3. The van der Waals surface area contributed by atoms with Crippen LogP contribution in [0.5, 0.6) is 0 Å². The minimum atomic E-state index is -1.44. The molecule has 0 saturated carbocycles. The largest absolute Gasteiger partial charge is 0.351 e. The van der Waals surface area contributed by atoms with Gasteiger partial charge in [0.2, 0.25) is 17.7 Å². The second-order valence-electron chi connectivity index (χ2n) is 14.9. The van der Waals surface area contributed by atoms with Crippen molar-refractivity contribution in [1.29, 1.82) is 0 Å². The number of pyridine rings is 1. The number of urea groups is 1. The molecule has 0 spiro atoms. The highest BCUT2D eigenvalue weighted by molar-refractivity contribution is 6.30. The summed E-state index contributed by atoms with van der Waals surface area (Å²) < 4.78 is 12.0. The Bertz CT molecular complexity index is 2340. The van der Waals surface area contributed by atoms with Gasteiger partial charge in [-0.15, -0.1) is 0 Å². The molecule has 14 heteroatoms. The van der Waals surface area contributed by atoms with E-state index in [2.05, 4.69) is 26.4 Å². The molecular weight excluding hydrogens is 832 g/mol. The van der Waals surface area contributed by atoms with Crippen LogP contribution >= 0.6 is 11.6 Å². The molecule has 0 radical (unpaired) electrons. The second-order valence-corrected chi connectivity index (χ2v) is 15.3. The number of fused-ring (bicyclic) bond motifs is 1. The standard InChI is InChI=1S/C50H53ClN6O7/c1-4-62-48(63-5-2)35(3)57(33-38-18-15-17-37-19-16-30-52-46(37)38)47(60)43(54-45(59)34-64-56-49(61)53-32-36-26-28-42(51)29-27-36)31-44(58)55-50(39-20-9-6-10-21-39,40-22-11-7-12-23-40)41-24-13-8-14-25-41/h6-30,35,43,48H,4-5,31-34H2,1-3H3,(H,54,59)(H,55,58)(H2,53,56,61). The van der Waals surface area contributed by atoms with E-state index in [-0.39, 0.29) is 13.1 Å². The molecular formula is C50H53ClN6O7. The maximum atomic E-state index is 15.3. The Balaban J connectivity index is 1.33. The van der Waals surface area contributed by atoms with E-state index in [0.717, 1.165) is 33.2 Å². The van der Waals surface area contributed by atoms with Crippen molar-refractivity contribution in [2.45, 2.75) is 64.2 Å². The van der Waals surface area contributed by atoms with Crippen LogP contribution in [0.1, 0.15) is 55.0 Å². The van der Waals surface area contributed by atoms with E-state index >= 15 is 4.79 Å². The van der Waals surface area contributed by atoms with E-state index in [9.17, 15) is 14.4 Å². The number of carbonyl (C=O) groups is 4. The third-order valence-corrected chi connectivity index (χ3v) is 10.8. The van der Waals surface area contributed by atoms with E-state index in [1.807, 2.05) is 135 Å². The SMILES string of the molecule is CCOC(OCC)C(C)N(Cc1cccc2cccnc12)C(=O)C(CC(=O)NC(c1ccccc1)(c1ccccc1)c1ccccc1)NC(=O)CONC(=O)NCc1ccc(Cl)cc1. The van der Waals surface area contributed by atoms with Gasteiger partial charge in [0, 0.05) is 42.9 Å². The lowest BCUT2D eigenvalue weighted by molar-refractivity contribution is -0.180. The van der Waals surface area contributed by atoms with Gasteiger partial charge in [-0.2, -0.15) is 0 Å². The summed E-state index contributed by atoms with van der Waals surface area (Å²) >= 11 is 5.97. The average Bonchev–Trinajstić information content (AvgIpc) is 3.32. The number of ether oxygens (including phenoxy) is 2. The molecule has 5 amide bonds. The number of amides is 5. The van der Waals surface area contributed by atoms with Crippen LogP contribution in [0.2, 0.25) is 5.02 Å². The number of rotatable bonds is 21. The van der Waals surface area contributed by atoms with Crippen molar-refractivity contribution in [2.75, 3.05) is 19.8 Å². The van der Waals surface area contributed by atoms with E-state index < -0.39 is 60.7 Å². The topological polar surface area (TPSA) is 160 Å². The molecule has 0 bridgehead atoms. The molecule has 64 heavy (non-hydrogen) atoms. The smallest absolute Gasteiger partial charge is 0.338 e. The quantitative estimate of drug-likeness (QED) is 0.0330. The maximum Gasteiger partial charge on any atom is 0.338 e. The predicted molar refractivity (Wildman–Crippen MR) is 245 cm³/mol. The van der Waals surface area contributed by atoms with Crippen LogP contribution in [0.25, 0.3) is 10.9 Å². The van der Waals surface area contributed by atoms with Crippen molar-refractivity contribution in [2.24, 2.45) is 0 Å². The number of para-hydroxylation sites is 1. The second kappa shape index (κ2) is 23.2. The molecule has 332 valence electrons. The zero-order valence-electron chi connectivity index (χ0n) is 36.0. The summed E-state index contributed by atoms with van der Waals surface area (Å²) in [5.74, 6) is -1.90. The lowest BCUT2D eigenvalue weighted by atomic mass is 9.77. The number of carbonyl (C=O) groups excluding carboxylic acids is 4. The van der Waals surface area contributed by atoms with Gasteiger partial charge in [-0.05, 0) is 66.8 Å². The Morgan fingerprint density at radius 3 is 1.88 bits per heavy atom. The third kappa shape index (κ3) is 12.1. The molecule has 13 nitrogen and oxygen atoms in total. The number of benzene rings is 5. The molecule has 4 N–H and O–H groups in total. The first kappa shape index (κ1) is 46.9. The van der Waals surface area contributed by atoms with Gasteiger partial charge < -0.3 is 30.3 Å². The first-order valence-corrected chi connectivity index (χ1v) is 21.5. The van der Waals surface area contributed by atoms with Gasteiger partial charge in [-0.3, -0.25) is 24.2 Å². The van der Waals surface area contributed by atoms with Crippen LogP contribution < -0.4 is 21.4 Å². The molecule has 2 unspecified atom stereocenters. The van der Waals surface area contributed by atoms with E-state index in [1.165, 1.54) is 0 Å². The Kier molecular flexibility index (Phi) is 17.0. The lowest BCUT2D eigenvalue weighted by Gasteiger charge is -2.38. The third-order valence-electron chi connectivity index (χ3n) is 10.6. The van der Waals surface area contributed by atoms with Crippen molar-refractivity contribution in [3.05, 3.63) is 185 Å². The number of nitrogens with zero attached hydrogens (tertiary/aromatic N) is 2. The predicted octanol–water partition coefficient (Wildman–Crippen LogP) is 7.42. The number of aromatic nitrogens is 1. The Labute approximate surface area is 378 Å². The van der Waals surface area contributed by atoms with Gasteiger partial charge in [-0.25, -0.2) is 10.3 Å². The van der Waals surface area contributed by atoms with Crippen molar-refractivity contribution >= 4 is 46.3 Å². The normalized spacial score (nSPS) is 12.3. The average molecular weight is 885 g/mol. The summed E-state index contributed by atoms with van der Waals surface area (Å²) in [4.78, 5) is 67.9. The molecule has 1 heterocycles. The number of hydroxylamine groups is 1. The van der Waals surface area contributed by atoms with Gasteiger partial charge in [0.05, 0.1) is 18.0 Å². The number of hydrogen-bond donors (Lipinski definition) is 4. The fourth-order valence-electron chi connectivity index (χ4n) is 7.55. The first-order chi connectivity index (χ1) is 31.1. The molecule has 5 aromatic carbocycles. The summed E-state index contributed by atoms with van der Waals surface area (Å²) in [6.45, 7) is 5.59. The number of nitrogens with one attached hydrogen (secondary N) is 4. The van der Waals surface area contributed by atoms with Crippen molar-refractivity contribution in [3.8, 4) is 0 Å². The van der Waals surface area contributed by atoms with Crippen LogP contribution in [-0.4, -0.2) is 71.8 Å². The molecule has 0 aliphatic carbocycles. The summed E-state index contributed by atoms with van der Waals surface area (Å²) in [6, 6.07) is 42.2. The fourth-order valence-corrected chi connectivity index (χ4v) is 7.68. The lowest BCUT2D eigenvalue weighted by Crippen LogP contribution is -2.57. The Morgan fingerprint density at radius 1 is 0.719 bits per heavy atom. The van der Waals surface area contributed by atoms with Gasteiger partial charge in [0.15, 0.2) is 12.9 Å². The Hall–Kier alpha value is -6.64. The van der Waals surface area contributed by atoms with Gasteiger partial charge in [0.25, 0.3) is 0 Å². The fraction of sp³-hybridized carbons (Fsp3) is 0.260. The van der Waals surface area contributed by atoms with Gasteiger partial charge >= 0.3 is 6.03 Å². The molecule has 0 saturated heterocycles. The molecule has 0 aliphatic heterocycles. The molecule has 1 aromatic heterocycles. The highest BCUT2D eigenvalue weighted by atomic mass is 35.5. The summed E-state index contributed by atoms with van der Waals surface area (Å²) in [7, 11) is 0. The molecule has 0 aliphatic rings. The van der Waals surface area contributed by atoms with E-state index in [1.54, 1.807) is 42.3 Å². The van der Waals surface area contributed by atoms with Gasteiger partial charge in [-0.1, -0.05) is 139 Å². The van der Waals surface area contributed by atoms with Gasteiger partial charge in [0.1, 0.15) is 11.6 Å². The zero-order valence-corrected chi connectivity index (χ0v) is 36.8.